The van der Waals surface area contributed by atoms with Gasteiger partial charge in [0, 0.05) is 31.7 Å². The number of hydrogen-bond donors (Lipinski definition) is 0. The predicted octanol–water partition coefficient (Wildman–Crippen LogP) is 2.78. The van der Waals surface area contributed by atoms with E-state index in [0.29, 0.717) is 13.0 Å². The molecule has 21 heavy (non-hydrogen) atoms. The van der Waals surface area contributed by atoms with E-state index in [4.69, 9.17) is 9.47 Å². The Hall–Kier alpha value is -1.81. The molecule has 2 saturated heterocycles. The summed E-state index contributed by atoms with van der Waals surface area (Å²) < 4.78 is 11.5. The molecule has 2 aliphatic rings. The quantitative estimate of drug-likeness (QED) is 0.799. The highest BCUT2D eigenvalue weighted by atomic mass is 16.5. The molecule has 4 nitrogen and oxygen atoms in total. The largest absolute Gasteiger partial charge is 0.488 e. The first-order chi connectivity index (χ1) is 10.3. The molecule has 0 saturated carbocycles. The minimum absolute atomic E-state index is 0.142. The highest BCUT2D eigenvalue weighted by molar-refractivity contribution is 5.97. The number of carbonyl (C=O) groups is 1. The number of para-hydroxylation sites is 2. The highest BCUT2D eigenvalue weighted by Gasteiger charge is 2.30. The lowest BCUT2D eigenvalue weighted by Gasteiger charge is -2.26. The van der Waals surface area contributed by atoms with Crippen molar-refractivity contribution in [3.63, 3.8) is 0 Å². The number of benzene rings is 1. The van der Waals surface area contributed by atoms with E-state index in [9.17, 15) is 4.79 Å². The van der Waals surface area contributed by atoms with Crippen molar-refractivity contribution in [3.05, 3.63) is 36.9 Å². The third-order valence-electron chi connectivity index (χ3n) is 4.11. The van der Waals surface area contributed by atoms with Crippen LogP contribution in [-0.2, 0) is 9.53 Å². The summed E-state index contributed by atoms with van der Waals surface area (Å²) in [6.45, 7) is 5.98. The SMILES string of the molecule is C=CC1CC(=O)N(c2ccccc2OC2CCOCC2)C1. The lowest BCUT2D eigenvalue weighted by atomic mass is 10.1. The number of ether oxygens (including phenoxy) is 2. The Labute approximate surface area is 125 Å². The van der Waals surface area contributed by atoms with Gasteiger partial charge in [-0.05, 0) is 12.1 Å². The van der Waals surface area contributed by atoms with Gasteiger partial charge in [-0.2, -0.15) is 0 Å². The molecule has 1 unspecified atom stereocenters. The van der Waals surface area contributed by atoms with E-state index in [-0.39, 0.29) is 17.9 Å². The van der Waals surface area contributed by atoms with E-state index in [1.54, 1.807) is 0 Å². The Morgan fingerprint density at radius 2 is 2.05 bits per heavy atom. The second kappa shape index (κ2) is 6.31. The number of anilines is 1. The number of nitrogens with zero attached hydrogens (tertiary/aromatic N) is 1. The van der Waals surface area contributed by atoms with Crippen molar-refractivity contribution in [1.29, 1.82) is 0 Å². The van der Waals surface area contributed by atoms with Crippen LogP contribution in [0.2, 0.25) is 0 Å². The van der Waals surface area contributed by atoms with Crippen molar-refractivity contribution in [2.75, 3.05) is 24.7 Å². The molecule has 3 rings (SSSR count). The minimum Gasteiger partial charge on any atom is -0.488 e. The fourth-order valence-corrected chi connectivity index (χ4v) is 2.88. The smallest absolute Gasteiger partial charge is 0.227 e. The first-order valence-electron chi connectivity index (χ1n) is 7.54. The summed E-state index contributed by atoms with van der Waals surface area (Å²) in [7, 11) is 0. The van der Waals surface area contributed by atoms with Gasteiger partial charge in [0.2, 0.25) is 5.91 Å². The van der Waals surface area contributed by atoms with Gasteiger partial charge in [0.1, 0.15) is 11.9 Å². The van der Waals surface area contributed by atoms with E-state index >= 15 is 0 Å². The topological polar surface area (TPSA) is 38.8 Å². The summed E-state index contributed by atoms with van der Waals surface area (Å²) >= 11 is 0. The zero-order valence-electron chi connectivity index (χ0n) is 12.2. The van der Waals surface area contributed by atoms with Crippen molar-refractivity contribution in [2.45, 2.75) is 25.4 Å². The van der Waals surface area contributed by atoms with Crippen molar-refractivity contribution >= 4 is 11.6 Å². The van der Waals surface area contributed by atoms with Crippen LogP contribution in [0.1, 0.15) is 19.3 Å². The molecule has 0 spiro atoms. The lowest BCUT2D eigenvalue weighted by Crippen LogP contribution is -2.28. The maximum absolute atomic E-state index is 12.2. The number of carbonyl (C=O) groups excluding carboxylic acids is 1. The monoisotopic (exact) mass is 287 g/mol. The average Bonchev–Trinajstić information content (AvgIpc) is 2.90. The van der Waals surface area contributed by atoms with Crippen LogP contribution >= 0.6 is 0 Å². The van der Waals surface area contributed by atoms with E-state index in [1.807, 2.05) is 35.2 Å². The van der Waals surface area contributed by atoms with Gasteiger partial charge in [-0.3, -0.25) is 4.79 Å². The second-order valence-electron chi connectivity index (χ2n) is 5.60. The van der Waals surface area contributed by atoms with Crippen LogP contribution in [0.25, 0.3) is 0 Å². The molecular formula is C17H21NO3. The van der Waals surface area contributed by atoms with Crippen molar-refractivity contribution in [1.82, 2.24) is 0 Å². The van der Waals surface area contributed by atoms with E-state index in [1.165, 1.54) is 0 Å². The molecule has 0 bridgehead atoms. The number of rotatable bonds is 4. The zero-order chi connectivity index (χ0) is 14.7. The number of amides is 1. The molecule has 0 N–H and O–H groups in total. The van der Waals surface area contributed by atoms with Crippen LogP contribution in [0, 0.1) is 5.92 Å². The van der Waals surface area contributed by atoms with Crippen LogP contribution in [0.5, 0.6) is 5.75 Å². The van der Waals surface area contributed by atoms with Crippen LogP contribution in [0.4, 0.5) is 5.69 Å². The minimum atomic E-state index is 0.142. The first kappa shape index (κ1) is 14.1. The van der Waals surface area contributed by atoms with Crippen LogP contribution < -0.4 is 9.64 Å². The van der Waals surface area contributed by atoms with E-state index in [0.717, 1.165) is 37.5 Å². The van der Waals surface area contributed by atoms with Gasteiger partial charge < -0.3 is 14.4 Å². The summed E-state index contributed by atoms with van der Waals surface area (Å²) in [6, 6.07) is 7.79. The Morgan fingerprint density at radius 3 is 2.76 bits per heavy atom. The van der Waals surface area contributed by atoms with Crippen LogP contribution in [0.15, 0.2) is 36.9 Å². The standard InChI is InChI=1S/C17H21NO3/c1-2-13-11-17(19)18(12-13)15-5-3-4-6-16(15)21-14-7-9-20-10-8-14/h2-6,13-14H,1,7-12H2. The van der Waals surface area contributed by atoms with E-state index in [2.05, 4.69) is 6.58 Å². The summed E-state index contributed by atoms with van der Waals surface area (Å²) in [6.07, 6.45) is 4.37. The zero-order valence-corrected chi connectivity index (χ0v) is 12.2. The van der Waals surface area contributed by atoms with Crippen LogP contribution in [0.3, 0.4) is 0 Å². The summed E-state index contributed by atoms with van der Waals surface area (Å²) in [5, 5.41) is 0. The molecule has 2 heterocycles. The molecule has 2 aliphatic heterocycles. The normalized spacial score (nSPS) is 23.3. The molecule has 1 amide bonds. The molecule has 1 aromatic rings. The molecule has 4 heteroatoms. The van der Waals surface area contributed by atoms with Crippen LogP contribution in [-0.4, -0.2) is 31.8 Å². The Morgan fingerprint density at radius 1 is 1.29 bits per heavy atom. The number of hydrogen-bond acceptors (Lipinski definition) is 3. The molecule has 0 aromatic heterocycles. The maximum atomic E-state index is 12.2. The fraction of sp³-hybridized carbons (Fsp3) is 0.471. The summed E-state index contributed by atoms with van der Waals surface area (Å²) in [4.78, 5) is 14.0. The van der Waals surface area contributed by atoms with Crippen molar-refractivity contribution in [2.24, 2.45) is 5.92 Å². The second-order valence-corrected chi connectivity index (χ2v) is 5.60. The maximum Gasteiger partial charge on any atom is 0.227 e. The first-order valence-corrected chi connectivity index (χ1v) is 7.54. The van der Waals surface area contributed by atoms with Gasteiger partial charge in [0.25, 0.3) is 0 Å². The molecule has 1 atom stereocenters. The molecule has 112 valence electrons. The van der Waals surface area contributed by atoms with Crippen molar-refractivity contribution < 1.29 is 14.3 Å². The van der Waals surface area contributed by atoms with Gasteiger partial charge in [0.15, 0.2) is 0 Å². The Balaban J connectivity index is 1.79. The molecule has 1 aromatic carbocycles. The predicted molar refractivity (Wildman–Crippen MR) is 81.6 cm³/mol. The Kier molecular flexibility index (Phi) is 4.25. The highest BCUT2D eigenvalue weighted by Crippen LogP contribution is 2.34. The van der Waals surface area contributed by atoms with E-state index < -0.39 is 0 Å². The lowest BCUT2D eigenvalue weighted by molar-refractivity contribution is -0.117. The van der Waals surface area contributed by atoms with Gasteiger partial charge in [0.05, 0.1) is 18.9 Å². The Bertz CT molecular complexity index is 523. The van der Waals surface area contributed by atoms with Crippen molar-refractivity contribution in [3.8, 4) is 5.75 Å². The molecule has 2 fully saturated rings. The average molecular weight is 287 g/mol. The van der Waals surface area contributed by atoms with Gasteiger partial charge in [-0.15, -0.1) is 6.58 Å². The van der Waals surface area contributed by atoms with Gasteiger partial charge >= 0.3 is 0 Å². The van der Waals surface area contributed by atoms with Gasteiger partial charge in [-0.25, -0.2) is 0 Å². The van der Waals surface area contributed by atoms with Gasteiger partial charge in [-0.1, -0.05) is 18.2 Å². The third kappa shape index (κ3) is 3.10. The third-order valence-corrected chi connectivity index (χ3v) is 4.11. The molecule has 0 aliphatic carbocycles. The summed E-state index contributed by atoms with van der Waals surface area (Å²) in [5.74, 6) is 1.17. The summed E-state index contributed by atoms with van der Waals surface area (Å²) in [5.41, 5.74) is 0.873. The molecule has 0 radical (unpaired) electrons. The molecular weight excluding hydrogens is 266 g/mol. The fourth-order valence-electron chi connectivity index (χ4n) is 2.88.